The fourth-order valence-corrected chi connectivity index (χ4v) is 2.43. The van der Waals surface area contributed by atoms with E-state index in [1.54, 1.807) is 43.5 Å². The predicted molar refractivity (Wildman–Crippen MR) is 90.9 cm³/mol. The molecule has 0 saturated carbocycles. The Bertz CT molecular complexity index is 664. The summed E-state index contributed by atoms with van der Waals surface area (Å²) in [5, 5.41) is 3.27. The van der Waals surface area contributed by atoms with E-state index in [2.05, 4.69) is 21.2 Å². The summed E-state index contributed by atoms with van der Waals surface area (Å²) in [5.41, 5.74) is 1.08. The number of hydrogen-bond donors (Lipinski definition) is 1. The molecule has 4 nitrogen and oxygen atoms in total. The van der Waals surface area contributed by atoms with Gasteiger partial charge in [-0.3, -0.25) is 4.79 Å². The summed E-state index contributed by atoms with van der Waals surface area (Å²) in [4.78, 5) is 12.2. The molecule has 0 aromatic heterocycles. The van der Waals surface area contributed by atoms with Crippen molar-refractivity contribution in [1.82, 2.24) is 0 Å². The van der Waals surface area contributed by atoms with Crippen molar-refractivity contribution in [2.75, 3.05) is 25.6 Å². The highest BCUT2D eigenvalue weighted by Crippen LogP contribution is 2.27. The molecular formula is C16H15BrClNO3. The molecule has 2 aromatic carbocycles. The lowest BCUT2D eigenvalue weighted by atomic mass is 10.2. The van der Waals surface area contributed by atoms with Crippen molar-refractivity contribution in [3.8, 4) is 5.75 Å². The summed E-state index contributed by atoms with van der Waals surface area (Å²) >= 11 is 9.42. The first-order valence-corrected chi connectivity index (χ1v) is 7.76. The van der Waals surface area contributed by atoms with Gasteiger partial charge in [-0.05, 0) is 46.3 Å². The van der Waals surface area contributed by atoms with Gasteiger partial charge < -0.3 is 14.8 Å². The van der Waals surface area contributed by atoms with Crippen LogP contribution < -0.4 is 10.1 Å². The molecule has 0 aliphatic carbocycles. The second-order valence-electron chi connectivity index (χ2n) is 4.42. The number of halogens is 2. The minimum absolute atomic E-state index is 0.239. The number of ether oxygens (including phenoxy) is 2. The topological polar surface area (TPSA) is 47.6 Å². The number of para-hydroxylation sites is 1. The zero-order valence-electron chi connectivity index (χ0n) is 11.9. The molecule has 0 unspecified atom stereocenters. The zero-order chi connectivity index (χ0) is 15.9. The van der Waals surface area contributed by atoms with Crippen LogP contribution in [-0.2, 0) is 4.74 Å². The van der Waals surface area contributed by atoms with E-state index in [9.17, 15) is 4.79 Å². The first kappa shape index (κ1) is 16.8. The van der Waals surface area contributed by atoms with Crippen LogP contribution in [0.4, 0.5) is 5.69 Å². The number of amides is 1. The molecule has 1 amide bonds. The summed E-state index contributed by atoms with van der Waals surface area (Å²) in [5.74, 6) is 0.420. The molecule has 0 fully saturated rings. The minimum atomic E-state index is -0.239. The van der Waals surface area contributed by atoms with Crippen LogP contribution in [0, 0.1) is 0 Å². The van der Waals surface area contributed by atoms with Crippen molar-refractivity contribution < 1.29 is 14.3 Å². The molecular weight excluding hydrogens is 370 g/mol. The number of benzene rings is 2. The monoisotopic (exact) mass is 383 g/mol. The predicted octanol–water partition coefficient (Wildman–Crippen LogP) is 4.38. The lowest BCUT2D eigenvalue weighted by molar-refractivity contribution is 0.102. The maximum absolute atomic E-state index is 12.2. The zero-order valence-corrected chi connectivity index (χ0v) is 14.3. The minimum Gasteiger partial charge on any atom is -0.490 e. The summed E-state index contributed by atoms with van der Waals surface area (Å²) in [6.07, 6.45) is 0. The maximum Gasteiger partial charge on any atom is 0.255 e. The Hall–Kier alpha value is -1.56. The largest absolute Gasteiger partial charge is 0.490 e. The van der Waals surface area contributed by atoms with Crippen LogP contribution in [0.5, 0.6) is 5.75 Å². The SMILES string of the molecule is COCCOc1ccc(C(=O)Nc2ccccc2Cl)cc1Br. The highest BCUT2D eigenvalue weighted by atomic mass is 79.9. The molecule has 0 aliphatic rings. The fraction of sp³-hybridized carbons (Fsp3) is 0.188. The lowest BCUT2D eigenvalue weighted by Crippen LogP contribution is -2.12. The van der Waals surface area contributed by atoms with Gasteiger partial charge in [-0.1, -0.05) is 23.7 Å². The molecule has 0 radical (unpaired) electrons. The molecule has 1 N–H and O–H groups in total. The number of anilines is 1. The summed E-state index contributed by atoms with van der Waals surface area (Å²) in [6, 6.07) is 12.2. The van der Waals surface area contributed by atoms with Gasteiger partial charge in [0.15, 0.2) is 0 Å². The molecule has 2 aromatic rings. The third-order valence-corrected chi connectivity index (χ3v) is 3.81. The average molecular weight is 385 g/mol. The van der Waals surface area contributed by atoms with E-state index < -0.39 is 0 Å². The smallest absolute Gasteiger partial charge is 0.255 e. The number of nitrogens with one attached hydrogen (secondary N) is 1. The Labute approximate surface area is 142 Å². The maximum atomic E-state index is 12.2. The normalized spacial score (nSPS) is 10.3. The van der Waals surface area contributed by atoms with Gasteiger partial charge in [0.1, 0.15) is 12.4 Å². The molecule has 0 saturated heterocycles. The van der Waals surface area contributed by atoms with E-state index in [4.69, 9.17) is 21.1 Å². The highest BCUT2D eigenvalue weighted by Gasteiger charge is 2.11. The third-order valence-electron chi connectivity index (χ3n) is 2.86. The molecule has 22 heavy (non-hydrogen) atoms. The number of carbonyl (C=O) groups excluding carboxylic acids is 1. The molecule has 2 rings (SSSR count). The van der Waals surface area contributed by atoms with Crippen molar-refractivity contribution in [2.24, 2.45) is 0 Å². The van der Waals surface area contributed by atoms with Gasteiger partial charge in [-0.25, -0.2) is 0 Å². The molecule has 0 spiro atoms. The summed E-state index contributed by atoms with van der Waals surface area (Å²) in [7, 11) is 1.61. The van der Waals surface area contributed by atoms with Crippen molar-refractivity contribution in [3.05, 3.63) is 57.5 Å². The molecule has 0 aliphatic heterocycles. The van der Waals surface area contributed by atoms with E-state index in [1.807, 2.05) is 6.07 Å². The van der Waals surface area contributed by atoms with Gasteiger partial charge in [-0.2, -0.15) is 0 Å². The van der Waals surface area contributed by atoms with E-state index in [0.29, 0.717) is 39.7 Å². The van der Waals surface area contributed by atoms with Crippen LogP contribution in [0.25, 0.3) is 0 Å². The second-order valence-corrected chi connectivity index (χ2v) is 5.68. The first-order valence-electron chi connectivity index (χ1n) is 6.59. The average Bonchev–Trinajstić information content (AvgIpc) is 2.51. The van der Waals surface area contributed by atoms with Crippen LogP contribution in [-0.4, -0.2) is 26.2 Å². The number of rotatable bonds is 6. The Morgan fingerprint density at radius 1 is 1.23 bits per heavy atom. The molecule has 0 bridgehead atoms. The van der Waals surface area contributed by atoms with Crippen LogP contribution in [0.1, 0.15) is 10.4 Å². The summed E-state index contributed by atoms with van der Waals surface area (Å²) < 4.78 is 11.2. The van der Waals surface area contributed by atoms with Gasteiger partial charge in [0, 0.05) is 12.7 Å². The van der Waals surface area contributed by atoms with Crippen LogP contribution in [0.15, 0.2) is 46.9 Å². The van der Waals surface area contributed by atoms with Crippen LogP contribution in [0.2, 0.25) is 5.02 Å². The van der Waals surface area contributed by atoms with E-state index in [-0.39, 0.29) is 5.91 Å². The van der Waals surface area contributed by atoms with E-state index in [1.165, 1.54) is 0 Å². The Morgan fingerprint density at radius 2 is 2.00 bits per heavy atom. The van der Waals surface area contributed by atoms with E-state index >= 15 is 0 Å². The fourth-order valence-electron chi connectivity index (χ4n) is 1.75. The van der Waals surface area contributed by atoms with Crippen LogP contribution in [0.3, 0.4) is 0 Å². The third kappa shape index (κ3) is 4.47. The van der Waals surface area contributed by atoms with E-state index in [0.717, 1.165) is 0 Å². The van der Waals surface area contributed by atoms with Crippen LogP contribution >= 0.6 is 27.5 Å². The second kappa shape index (κ2) is 8.17. The first-order chi connectivity index (χ1) is 10.6. The Balaban J connectivity index is 2.07. The quantitative estimate of drug-likeness (QED) is 0.752. The standard InChI is InChI=1S/C16H15BrClNO3/c1-21-8-9-22-15-7-6-11(10-12(15)17)16(20)19-14-5-3-2-4-13(14)18/h2-7,10H,8-9H2,1H3,(H,19,20). The summed E-state index contributed by atoms with van der Waals surface area (Å²) in [6.45, 7) is 0.946. The number of hydrogen-bond acceptors (Lipinski definition) is 3. The van der Waals surface area contributed by atoms with Gasteiger partial charge >= 0.3 is 0 Å². The number of carbonyl (C=O) groups is 1. The molecule has 0 heterocycles. The molecule has 116 valence electrons. The lowest BCUT2D eigenvalue weighted by Gasteiger charge is -2.10. The highest BCUT2D eigenvalue weighted by molar-refractivity contribution is 9.10. The van der Waals surface area contributed by atoms with Crippen molar-refractivity contribution in [2.45, 2.75) is 0 Å². The van der Waals surface area contributed by atoms with Gasteiger partial charge in [0.25, 0.3) is 5.91 Å². The number of methoxy groups -OCH3 is 1. The van der Waals surface area contributed by atoms with Crippen molar-refractivity contribution in [3.63, 3.8) is 0 Å². The van der Waals surface area contributed by atoms with Crippen molar-refractivity contribution >= 4 is 39.1 Å². The van der Waals surface area contributed by atoms with Gasteiger partial charge in [0.2, 0.25) is 0 Å². The van der Waals surface area contributed by atoms with Gasteiger partial charge in [-0.15, -0.1) is 0 Å². The Kier molecular flexibility index (Phi) is 6.24. The molecule has 0 atom stereocenters. The van der Waals surface area contributed by atoms with Crippen molar-refractivity contribution in [1.29, 1.82) is 0 Å². The Morgan fingerprint density at radius 3 is 2.68 bits per heavy atom. The van der Waals surface area contributed by atoms with Gasteiger partial charge in [0.05, 0.1) is 21.8 Å². The molecule has 6 heteroatoms.